The van der Waals surface area contributed by atoms with E-state index in [4.69, 9.17) is 0 Å². The molecule has 1 nitrogen and oxygen atoms in total. The molecule has 0 fully saturated rings. The van der Waals surface area contributed by atoms with Crippen LogP contribution in [0.4, 0.5) is 10.1 Å². The maximum absolute atomic E-state index is 13.5. The van der Waals surface area contributed by atoms with E-state index in [0.717, 1.165) is 24.2 Å². The average molecular weight is 336 g/mol. The highest BCUT2D eigenvalue weighted by Crippen LogP contribution is 2.24. The Morgan fingerprint density at radius 1 is 1.20 bits per heavy atom. The zero-order chi connectivity index (χ0) is 14.5. The van der Waals surface area contributed by atoms with Crippen LogP contribution in [0.15, 0.2) is 46.9 Å². The normalized spacial score (nSPS) is 12.2. The van der Waals surface area contributed by atoms with E-state index in [1.165, 1.54) is 5.56 Å². The van der Waals surface area contributed by atoms with Gasteiger partial charge in [-0.1, -0.05) is 37.3 Å². The summed E-state index contributed by atoms with van der Waals surface area (Å²) in [5.74, 6) is 0.263. The number of anilines is 1. The summed E-state index contributed by atoms with van der Waals surface area (Å²) in [6, 6.07) is 13.8. The second-order valence-electron chi connectivity index (χ2n) is 5.11. The Kier molecular flexibility index (Phi) is 5.18. The molecular weight excluding hydrogens is 317 g/mol. The largest absolute Gasteiger partial charge is 0.385 e. The van der Waals surface area contributed by atoms with Crippen molar-refractivity contribution in [3.8, 4) is 0 Å². The molecule has 0 aliphatic rings. The average Bonchev–Trinajstić information content (AvgIpc) is 2.45. The molecule has 0 radical (unpaired) electrons. The first-order chi connectivity index (χ1) is 9.58. The minimum atomic E-state index is -0.228. The molecule has 0 heterocycles. The van der Waals surface area contributed by atoms with Crippen molar-refractivity contribution in [2.75, 3.05) is 11.9 Å². The number of hydrogen-bond donors (Lipinski definition) is 1. The summed E-state index contributed by atoms with van der Waals surface area (Å²) in [7, 11) is 0. The molecule has 1 atom stereocenters. The zero-order valence-electron chi connectivity index (χ0n) is 11.8. The van der Waals surface area contributed by atoms with E-state index in [0.29, 0.717) is 10.4 Å². The highest BCUT2D eigenvalue weighted by molar-refractivity contribution is 9.10. The minimum Gasteiger partial charge on any atom is -0.385 e. The summed E-state index contributed by atoms with van der Waals surface area (Å²) < 4.78 is 14.0. The second kappa shape index (κ2) is 6.89. The van der Waals surface area contributed by atoms with Gasteiger partial charge >= 0.3 is 0 Å². The molecule has 1 unspecified atom stereocenters. The molecule has 20 heavy (non-hydrogen) atoms. The standard InChI is InChI=1S/C17H19BrFN/c1-12(14-6-4-3-5-7-14)8-9-20-17-11-16(19)15(18)10-13(17)2/h3-7,10-12,20H,8-9H2,1-2H3. The van der Waals surface area contributed by atoms with Gasteiger partial charge in [-0.3, -0.25) is 0 Å². The molecule has 2 aromatic carbocycles. The van der Waals surface area contributed by atoms with Crippen LogP contribution in [0.1, 0.15) is 30.4 Å². The summed E-state index contributed by atoms with van der Waals surface area (Å²) in [5, 5.41) is 3.32. The fraction of sp³-hybridized carbons (Fsp3) is 0.294. The quantitative estimate of drug-likeness (QED) is 0.760. The first-order valence-electron chi connectivity index (χ1n) is 6.82. The van der Waals surface area contributed by atoms with E-state index < -0.39 is 0 Å². The lowest BCUT2D eigenvalue weighted by Gasteiger charge is -2.14. The number of nitrogens with one attached hydrogen (secondary N) is 1. The molecule has 106 valence electrons. The van der Waals surface area contributed by atoms with Crippen molar-refractivity contribution in [3.05, 3.63) is 63.9 Å². The first-order valence-corrected chi connectivity index (χ1v) is 7.61. The van der Waals surface area contributed by atoms with Gasteiger partial charge < -0.3 is 5.32 Å². The Morgan fingerprint density at radius 2 is 1.90 bits per heavy atom. The van der Waals surface area contributed by atoms with Crippen molar-refractivity contribution >= 4 is 21.6 Å². The lowest BCUT2D eigenvalue weighted by atomic mass is 9.98. The maximum atomic E-state index is 13.5. The van der Waals surface area contributed by atoms with Gasteiger partial charge in [-0.05, 0) is 58.5 Å². The third-order valence-electron chi connectivity index (χ3n) is 3.53. The number of benzene rings is 2. The smallest absolute Gasteiger partial charge is 0.139 e. The summed E-state index contributed by atoms with van der Waals surface area (Å²) in [6.45, 7) is 5.02. The molecule has 0 saturated heterocycles. The van der Waals surface area contributed by atoms with Crippen LogP contribution in [0, 0.1) is 12.7 Å². The molecule has 0 spiro atoms. The van der Waals surface area contributed by atoms with E-state index >= 15 is 0 Å². The van der Waals surface area contributed by atoms with Crippen LogP contribution < -0.4 is 5.32 Å². The highest BCUT2D eigenvalue weighted by atomic mass is 79.9. The van der Waals surface area contributed by atoms with Crippen LogP contribution >= 0.6 is 15.9 Å². The van der Waals surface area contributed by atoms with Crippen molar-refractivity contribution in [3.63, 3.8) is 0 Å². The van der Waals surface area contributed by atoms with Crippen LogP contribution in [0.3, 0.4) is 0 Å². The fourth-order valence-corrected chi connectivity index (χ4v) is 2.67. The SMILES string of the molecule is Cc1cc(Br)c(F)cc1NCCC(C)c1ccccc1. The van der Waals surface area contributed by atoms with E-state index in [2.05, 4.69) is 52.4 Å². The van der Waals surface area contributed by atoms with Crippen molar-refractivity contribution < 1.29 is 4.39 Å². The van der Waals surface area contributed by atoms with Crippen LogP contribution in [-0.2, 0) is 0 Å². The molecule has 0 bridgehead atoms. The molecule has 2 aromatic rings. The topological polar surface area (TPSA) is 12.0 Å². The van der Waals surface area contributed by atoms with Crippen LogP contribution in [0.25, 0.3) is 0 Å². The summed E-state index contributed by atoms with van der Waals surface area (Å²) >= 11 is 3.20. The molecule has 1 N–H and O–H groups in total. The number of rotatable bonds is 5. The van der Waals surface area contributed by atoms with Gasteiger partial charge in [0.05, 0.1) is 4.47 Å². The van der Waals surface area contributed by atoms with Crippen molar-refractivity contribution in [1.82, 2.24) is 0 Å². The van der Waals surface area contributed by atoms with Gasteiger partial charge in [-0.15, -0.1) is 0 Å². The molecule has 0 aromatic heterocycles. The van der Waals surface area contributed by atoms with Gasteiger partial charge in [0.25, 0.3) is 0 Å². The van der Waals surface area contributed by atoms with Gasteiger partial charge in [0.2, 0.25) is 0 Å². The first kappa shape index (κ1) is 15.0. The van der Waals surface area contributed by atoms with Crippen molar-refractivity contribution in [2.24, 2.45) is 0 Å². The van der Waals surface area contributed by atoms with Gasteiger partial charge in [0.1, 0.15) is 5.82 Å². The predicted molar refractivity (Wildman–Crippen MR) is 86.8 cm³/mol. The Bertz CT molecular complexity index is 569. The predicted octanol–water partition coefficient (Wildman–Crippen LogP) is 5.50. The molecule has 0 aliphatic heterocycles. The third-order valence-corrected chi connectivity index (χ3v) is 4.14. The van der Waals surface area contributed by atoms with Gasteiger partial charge in [-0.2, -0.15) is 0 Å². The second-order valence-corrected chi connectivity index (χ2v) is 5.96. The van der Waals surface area contributed by atoms with Gasteiger partial charge in [0.15, 0.2) is 0 Å². The monoisotopic (exact) mass is 335 g/mol. The van der Waals surface area contributed by atoms with E-state index in [1.54, 1.807) is 12.1 Å². The Labute approximate surface area is 128 Å². The molecule has 2 rings (SSSR count). The fourth-order valence-electron chi connectivity index (χ4n) is 2.21. The Balaban J connectivity index is 1.92. The Hall–Kier alpha value is -1.35. The minimum absolute atomic E-state index is 0.228. The number of aryl methyl sites for hydroxylation is 1. The lowest BCUT2D eigenvalue weighted by Crippen LogP contribution is -2.07. The van der Waals surface area contributed by atoms with Crippen LogP contribution in [0.5, 0.6) is 0 Å². The Morgan fingerprint density at radius 3 is 2.60 bits per heavy atom. The van der Waals surface area contributed by atoms with E-state index in [9.17, 15) is 4.39 Å². The zero-order valence-corrected chi connectivity index (χ0v) is 13.4. The summed E-state index contributed by atoms with van der Waals surface area (Å²) in [6.07, 6.45) is 1.02. The van der Waals surface area contributed by atoms with E-state index in [-0.39, 0.29) is 5.82 Å². The van der Waals surface area contributed by atoms with Crippen LogP contribution in [-0.4, -0.2) is 6.54 Å². The van der Waals surface area contributed by atoms with Crippen LogP contribution in [0.2, 0.25) is 0 Å². The maximum Gasteiger partial charge on any atom is 0.139 e. The van der Waals surface area contributed by atoms with Gasteiger partial charge in [0, 0.05) is 12.2 Å². The highest BCUT2D eigenvalue weighted by Gasteiger charge is 2.07. The number of hydrogen-bond acceptors (Lipinski definition) is 1. The molecule has 0 saturated carbocycles. The third kappa shape index (κ3) is 3.83. The molecule has 0 aliphatic carbocycles. The van der Waals surface area contributed by atoms with Crippen molar-refractivity contribution in [1.29, 1.82) is 0 Å². The molecule has 0 amide bonds. The van der Waals surface area contributed by atoms with Gasteiger partial charge in [-0.25, -0.2) is 4.39 Å². The summed E-state index contributed by atoms with van der Waals surface area (Å²) in [5.41, 5.74) is 3.25. The summed E-state index contributed by atoms with van der Waals surface area (Å²) in [4.78, 5) is 0. The molecule has 3 heteroatoms. The molecular formula is C17H19BrFN. The van der Waals surface area contributed by atoms with Crippen molar-refractivity contribution in [2.45, 2.75) is 26.2 Å². The van der Waals surface area contributed by atoms with E-state index in [1.807, 2.05) is 13.0 Å². The number of halogens is 2. The lowest BCUT2D eigenvalue weighted by molar-refractivity contribution is 0.620.